The minimum Gasteiger partial charge on any atom is -0.497 e. The van der Waals surface area contributed by atoms with Crippen LogP contribution < -0.4 is 10.1 Å². The molecular formula is C14H18FNO4. The summed E-state index contributed by atoms with van der Waals surface area (Å²) in [5.74, 6) is -0.843. The predicted octanol–water partition coefficient (Wildman–Crippen LogP) is 1.11. The Hall–Kier alpha value is -1.66. The highest BCUT2D eigenvalue weighted by atomic mass is 19.1. The van der Waals surface area contributed by atoms with Crippen LogP contribution in [0.4, 0.5) is 4.39 Å². The summed E-state index contributed by atoms with van der Waals surface area (Å²) in [5.41, 5.74) is -0.799. The van der Waals surface area contributed by atoms with Gasteiger partial charge in [0.1, 0.15) is 11.6 Å². The van der Waals surface area contributed by atoms with Crippen LogP contribution in [0.5, 0.6) is 5.75 Å². The molecule has 0 bridgehead atoms. The van der Waals surface area contributed by atoms with E-state index in [0.717, 1.165) is 6.07 Å². The molecule has 0 saturated carbocycles. The zero-order chi connectivity index (χ0) is 14.6. The zero-order valence-electron chi connectivity index (χ0n) is 11.3. The molecule has 1 aromatic carbocycles. The normalized spacial score (nSPS) is 17.6. The summed E-state index contributed by atoms with van der Waals surface area (Å²) in [4.78, 5) is 12.2. The number of rotatable bonds is 4. The van der Waals surface area contributed by atoms with Crippen LogP contribution in [0.2, 0.25) is 0 Å². The van der Waals surface area contributed by atoms with Gasteiger partial charge in [-0.2, -0.15) is 0 Å². The van der Waals surface area contributed by atoms with Gasteiger partial charge in [-0.25, -0.2) is 4.39 Å². The highest BCUT2D eigenvalue weighted by Crippen LogP contribution is 2.22. The molecule has 0 unspecified atom stereocenters. The van der Waals surface area contributed by atoms with Crippen molar-refractivity contribution in [3.63, 3.8) is 0 Å². The van der Waals surface area contributed by atoms with Crippen molar-refractivity contribution in [1.82, 2.24) is 5.32 Å². The molecule has 1 fully saturated rings. The van der Waals surface area contributed by atoms with Gasteiger partial charge in [0.25, 0.3) is 5.91 Å². The number of halogens is 1. The molecule has 0 aromatic heterocycles. The van der Waals surface area contributed by atoms with Gasteiger partial charge in [-0.1, -0.05) is 0 Å². The second-order valence-electron chi connectivity index (χ2n) is 4.85. The second kappa shape index (κ2) is 6.19. The summed E-state index contributed by atoms with van der Waals surface area (Å²) in [7, 11) is 1.43. The molecule has 1 aromatic rings. The summed E-state index contributed by atoms with van der Waals surface area (Å²) in [6.07, 6.45) is 1.01. The van der Waals surface area contributed by atoms with Gasteiger partial charge >= 0.3 is 0 Å². The maximum Gasteiger partial charge on any atom is 0.254 e. The predicted molar refractivity (Wildman–Crippen MR) is 70.3 cm³/mol. The van der Waals surface area contributed by atoms with Crippen molar-refractivity contribution in [2.75, 3.05) is 26.9 Å². The van der Waals surface area contributed by atoms with E-state index in [4.69, 9.17) is 9.47 Å². The number of nitrogens with one attached hydrogen (secondary N) is 1. The molecule has 1 aliphatic heterocycles. The van der Waals surface area contributed by atoms with Crippen molar-refractivity contribution in [1.29, 1.82) is 0 Å². The van der Waals surface area contributed by atoms with E-state index in [1.54, 1.807) is 0 Å². The van der Waals surface area contributed by atoms with Crippen LogP contribution in [0, 0.1) is 5.82 Å². The Morgan fingerprint density at radius 3 is 2.75 bits per heavy atom. The van der Waals surface area contributed by atoms with Crippen LogP contribution in [0.3, 0.4) is 0 Å². The number of carbonyl (C=O) groups is 1. The summed E-state index contributed by atoms with van der Waals surface area (Å²) in [5, 5.41) is 12.2. The number of amides is 1. The van der Waals surface area contributed by atoms with E-state index in [2.05, 4.69) is 5.32 Å². The van der Waals surface area contributed by atoms with Crippen molar-refractivity contribution in [3.8, 4) is 5.75 Å². The van der Waals surface area contributed by atoms with Crippen LogP contribution in [0.15, 0.2) is 18.2 Å². The smallest absolute Gasteiger partial charge is 0.254 e. The number of carbonyl (C=O) groups excluding carboxylic acids is 1. The molecule has 0 atom stereocenters. The third-order valence-corrected chi connectivity index (χ3v) is 3.55. The molecule has 6 heteroatoms. The number of benzene rings is 1. The first kappa shape index (κ1) is 14.7. The van der Waals surface area contributed by atoms with E-state index >= 15 is 0 Å². The Balaban J connectivity index is 2.14. The summed E-state index contributed by atoms with van der Waals surface area (Å²) in [6, 6.07) is 4.05. The number of aliphatic hydroxyl groups is 1. The van der Waals surface area contributed by atoms with Crippen LogP contribution in [-0.4, -0.2) is 43.5 Å². The lowest BCUT2D eigenvalue weighted by Gasteiger charge is -2.36. The zero-order valence-corrected chi connectivity index (χ0v) is 11.3. The van der Waals surface area contributed by atoms with E-state index in [1.165, 1.54) is 19.2 Å². The Labute approximate surface area is 116 Å². The lowest BCUT2D eigenvalue weighted by Crippen LogP contribution is -2.54. The molecule has 2 rings (SSSR count). The molecule has 2 N–H and O–H groups in total. The molecule has 5 nitrogen and oxygen atoms in total. The average Bonchev–Trinajstić information content (AvgIpc) is 2.47. The number of methoxy groups -OCH3 is 1. The van der Waals surface area contributed by atoms with Crippen molar-refractivity contribution < 1.29 is 23.8 Å². The van der Waals surface area contributed by atoms with E-state index < -0.39 is 17.3 Å². The van der Waals surface area contributed by atoms with E-state index in [0.29, 0.717) is 31.8 Å². The number of hydrogen-bond acceptors (Lipinski definition) is 4. The fraction of sp³-hybridized carbons (Fsp3) is 0.500. The molecule has 110 valence electrons. The number of hydrogen-bond donors (Lipinski definition) is 2. The van der Waals surface area contributed by atoms with Crippen LogP contribution in [0.1, 0.15) is 23.2 Å². The molecule has 1 aliphatic rings. The Kier molecular flexibility index (Phi) is 4.57. The van der Waals surface area contributed by atoms with Crippen LogP contribution in [-0.2, 0) is 4.74 Å². The number of aliphatic hydroxyl groups excluding tert-OH is 1. The molecular weight excluding hydrogens is 265 g/mol. The lowest BCUT2D eigenvalue weighted by molar-refractivity contribution is 0.0124. The first-order valence-corrected chi connectivity index (χ1v) is 6.45. The van der Waals surface area contributed by atoms with Crippen molar-refractivity contribution in [2.45, 2.75) is 18.4 Å². The van der Waals surface area contributed by atoms with Crippen molar-refractivity contribution >= 4 is 5.91 Å². The highest BCUT2D eigenvalue weighted by molar-refractivity contribution is 5.95. The minimum atomic E-state index is -0.734. The molecule has 20 heavy (non-hydrogen) atoms. The molecule has 0 radical (unpaired) electrons. The summed E-state index contributed by atoms with van der Waals surface area (Å²) in [6.45, 7) is 0.734. The molecule has 1 saturated heterocycles. The quantitative estimate of drug-likeness (QED) is 0.868. The monoisotopic (exact) mass is 283 g/mol. The van der Waals surface area contributed by atoms with Gasteiger partial charge in [-0.05, 0) is 25.0 Å². The van der Waals surface area contributed by atoms with Gasteiger partial charge in [0.05, 0.1) is 24.8 Å². The standard InChI is InChI=1S/C14H18FNO4/c1-19-10-2-3-11(12(15)8-10)13(18)16-14(9-17)4-6-20-7-5-14/h2-3,8,17H,4-7,9H2,1H3,(H,16,18). The fourth-order valence-electron chi connectivity index (χ4n) is 2.20. The first-order valence-electron chi connectivity index (χ1n) is 6.45. The average molecular weight is 283 g/mol. The molecule has 1 amide bonds. The largest absolute Gasteiger partial charge is 0.497 e. The van der Waals surface area contributed by atoms with E-state index in [-0.39, 0.29) is 12.2 Å². The maximum atomic E-state index is 13.8. The van der Waals surface area contributed by atoms with Crippen molar-refractivity contribution in [3.05, 3.63) is 29.6 Å². The van der Waals surface area contributed by atoms with Gasteiger partial charge in [0.2, 0.25) is 0 Å². The third-order valence-electron chi connectivity index (χ3n) is 3.55. The lowest BCUT2D eigenvalue weighted by atomic mass is 9.90. The number of ether oxygens (including phenoxy) is 2. The van der Waals surface area contributed by atoms with Crippen molar-refractivity contribution in [2.24, 2.45) is 0 Å². The minimum absolute atomic E-state index is 0.0647. The first-order chi connectivity index (χ1) is 9.60. The Bertz CT molecular complexity index is 486. The van der Waals surface area contributed by atoms with E-state index in [9.17, 15) is 14.3 Å². The SMILES string of the molecule is COc1ccc(C(=O)NC2(CO)CCOCC2)c(F)c1. The van der Waals surface area contributed by atoms with E-state index in [1.807, 2.05) is 0 Å². The Morgan fingerprint density at radius 2 is 2.20 bits per heavy atom. The summed E-state index contributed by atoms with van der Waals surface area (Å²) < 4.78 is 23.9. The van der Waals surface area contributed by atoms with Gasteiger partial charge in [0.15, 0.2) is 0 Å². The van der Waals surface area contributed by atoms with Gasteiger partial charge in [0, 0.05) is 19.3 Å². The van der Waals surface area contributed by atoms with Gasteiger partial charge in [-0.3, -0.25) is 4.79 Å². The molecule has 1 heterocycles. The topological polar surface area (TPSA) is 67.8 Å². The fourth-order valence-corrected chi connectivity index (χ4v) is 2.20. The second-order valence-corrected chi connectivity index (χ2v) is 4.85. The van der Waals surface area contributed by atoms with Gasteiger partial charge in [-0.15, -0.1) is 0 Å². The molecule has 0 aliphatic carbocycles. The van der Waals surface area contributed by atoms with Crippen LogP contribution >= 0.6 is 0 Å². The van der Waals surface area contributed by atoms with Crippen LogP contribution in [0.25, 0.3) is 0 Å². The third kappa shape index (κ3) is 3.08. The maximum absolute atomic E-state index is 13.8. The Morgan fingerprint density at radius 1 is 1.50 bits per heavy atom. The molecule has 0 spiro atoms. The van der Waals surface area contributed by atoms with Gasteiger partial charge < -0.3 is 19.9 Å². The highest BCUT2D eigenvalue weighted by Gasteiger charge is 2.34. The summed E-state index contributed by atoms with van der Waals surface area (Å²) >= 11 is 0.